The highest BCUT2D eigenvalue weighted by atomic mass is 16.3. The summed E-state index contributed by atoms with van der Waals surface area (Å²) < 4.78 is 0. The van der Waals surface area contributed by atoms with Gasteiger partial charge in [0.1, 0.15) is 0 Å². The molecule has 1 N–H and O–H groups in total. The van der Waals surface area contributed by atoms with Crippen molar-refractivity contribution in [1.29, 1.82) is 0 Å². The number of hydrogen-bond acceptors (Lipinski definition) is 1. The standard InChI is InChI=1S/C13H24O/c14-10-13(12-7-3-4-8-12)9-11-5-1-2-6-11/h11-14H,1-10H2. The molecular weight excluding hydrogens is 172 g/mol. The van der Waals surface area contributed by atoms with Crippen LogP contribution in [0, 0.1) is 17.8 Å². The van der Waals surface area contributed by atoms with Gasteiger partial charge < -0.3 is 5.11 Å². The third-order valence-electron chi connectivity index (χ3n) is 4.41. The summed E-state index contributed by atoms with van der Waals surface area (Å²) in [5.41, 5.74) is 0. The van der Waals surface area contributed by atoms with E-state index in [0.717, 1.165) is 11.8 Å². The number of aliphatic hydroxyl groups excluding tert-OH is 1. The van der Waals surface area contributed by atoms with Crippen LogP contribution >= 0.6 is 0 Å². The Morgan fingerprint density at radius 3 is 2.07 bits per heavy atom. The second-order valence-corrected chi connectivity index (χ2v) is 5.37. The monoisotopic (exact) mass is 196 g/mol. The molecule has 1 heteroatoms. The van der Waals surface area contributed by atoms with E-state index in [-0.39, 0.29) is 0 Å². The zero-order valence-corrected chi connectivity index (χ0v) is 9.25. The summed E-state index contributed by atoms with van der Waals surface area (Å²) in [6, 6.07) is 0. The maximum atomic E-state index is 9.45. The molecule has 0 aliphatic heterocycles. The second kappa shape index (κ2) is 5.16. The lowest BCUT2D eigenvalue weighted by Gasteiger charge is -2.24. The van der Waals surface area contributed by atoms with Crippen molar-refractivity contribution in [2.45, 2.75) is 57.8 Å². The highest BCUT2D eigenvalue weighted by Gasteiger charge is 2.27. The summed E-state index contributed by atoms with van der Waals surface area (Å²) in [6.45, 7) is 0.446. The molecule has 14 heavy (non-hydrogen) atoms. The summed E-state index contributed by atoms with van der Waals surface area (Å²) in [5, 5.41) is 9.45. The van der Waals surface area contributed by atoms with Gasteiger partial charge in [0, 0.05) is 6.61 Å². The quantitative estimate of drug-likeness (QED) is 0.731. The van der Waals surface area contributed by atoms with E-state index in [4.69, 9.17) is 0 Å². The van der Waals surface area contributed by atoms with Crippen LogP contribution in [0.5, 0.6) is 0 Å². The topological polar surface area (TPSA) is 20.2 Å². The van der Waals surface area contributed by atoms with Crippen LogP contribution in [0.25, 0.3) is 0 Å². The molecule has 2 aliphatic carbocycles. The Kier molecular flexibility index (Phi) is 3.86. The van der Waals surface area contributed by atoms with E-state index >= 15 is 0 Å². The summed E-state index contributed by atoms with van der Waals surface area (Å²) in [6.07, 6.45) is 12.7. The van der Waals surface area contributed by atoms with E-state index in [2.05, 4.69) is 0 Å². The van der Waals surface area contributed by atoms with E-state index < -0.39 is 0 Å². The molecule has 2 saturated carbocycles. The minimum absolute atomic E-state index is 0.446. The molecule has 0 saturated heterocycles. The molecule has 2 aliphatic rings. The van der Waals surface area contributed by atoms with Crippen LogP contribution in [0.4, 0.5) is 0 Å². The number of aliphatic hydroxyl groups is 1. The maximum Gasteiger partial charge on any atom is 0.0462 e. The minimum atomic E-state index is 0.446. The maximum absolute atomic E-state index is 9.45. The predicted molar refractivity (Wildman–Crippen MR) is 59.1 cm³/mol. The molecule has 2 rings (SSSR count). The highest BCUT2D eigenvalue weighted by Crippen LogP contribution is 2.38. The van der Waals surface area contributed by atoms with Crippen LogP contribution in [0.1, 0.15) is 57.8 Å². The van der Waals surface area contributed by atoms with Crippen LogP contribution in [0.3, 0.4) is 0 Å². The van der Waals surface area contributed by atoms with Gasteiger partial charge >= 0.3 is 0 Å². The van der Waals surface area contributed by atoms with Gasteiger partial charge in [-0.05, 0) is 24.2 Å². The van der Waals surface area contributed by atoms with Gasteiger partial charge in [0.15, 0.2) is 0 Å². The van der Waals surface area contributed by atoms with E-state index in [1.54, 1.807) is 0 Å². The molecule has 1 unspecified atom stereocenters. The first-order chi connectivity index (χ1) is 6.90. The van der Waals surface area contributed by atoms with Crippen LogP contribution in [0.15, 0.2) is 0 Å². The Balaban J connectivity index is 1.79. The van der Waals surface area contributed by atoms with Gasteiger partial charge in [-0.3, -0.25) is 0 Å². The first kappa shape index (κ1) is 10.5. The third-order valence-corrected chi connectivity index (χ3v) is 4.41. The van der Waals surface area contributed by atoms with Gasteiger partial charge in [0.25, 0.3) is 0 Å². The van der Waals surface area contributed by atoms with Gasteiger partial charge in [-0.2, -0.15) is 0 Å². The molecular formula is C13H24O. The Morgan fingerprint density at radius 2 is 1.50 bits per heavy atom. The molecule has 82 valence electrons. The minimum Gasteiger partial charge on any atom is -0.396 e. The van der Waals surface area contributed by atoms with E-state index in [0.29, 0.717) is 12.5 Å². The van der Waals surface area contributed by atoms with Crippen molar-refractivity contribution < 1.29 is 5.11 Å². The fourth-order valence-electron chi connectivity index (χ4n) is 3.52. The first-order valence-corrected chi connectivity index (χ1v) is 6.51. The van der Waals surface area contributed by atoms with Gasteiger partial charge in [-0.25, -0.2) is 0 Å². The molecule has 2 fully saturated rings. The Morgan fingerprint density at radius 1 is 0.929 bits per heavy atom. The van der Waals surface area contributed by atoms with Crippen molar-refractivity contribution in [3.05, 3.63) is 0 Å². The third kappa shape index (κ3) is 2.50. The van der Waals surface area contributed by atoms with Crippen molar-refractivity contribution >= 4 is 0 Å². The molecule has 0 heterocycles. The molecule has 0 aromatic heterocycles. The molecule has 0 spiro atoms. The summed E-state index contributed by atoms with van der Waals surface area (Å²) in [4.78, 5) is 0. The lowest BCUT2D eigenvalue weighted by atomic mass is 9.83. The molecule has 0 bridgehead atoms. The predicted octanol–water partition coefficient (Wildman–Crippen LogP) is 3.37. The zero-order valence-electron chi connectivity index (χ0n) is 9.25. The van der Waals surface area contributed by atoms with Crippen molar-refractivity contribution in [2.75, 3.05) is 6.61 Å². The molecule has 1 atom stereocenters. The lowest BCUT2D eigenvalue weighted by Crippen LogP contribution is -2.19. The fourth-order valence-corrected chi connectivity index (χ4v) is 3.52. The van der Waals surface area contributed by atoms with E-state index in [1.165, 1.54) is 57.8 Å². The van der Waals surface area contributed by atoms with Crippen LogP contribution < -0.4 is 0 Å². The SMILES string of the molecule is OCC(CC1CCCC1)C1CCCC1. The summed E-state index contributed by atoms with van der Waals surface area (Å²) >= 11 is 0. The number of hydrogen-bond donors (Lipinski definition) is 1. The summed E-state index contributed by atoms with van der Waals surface area (Å²) in [5.74, 6) is 2.45. The Hall–Kier alpha value is -0.0400. The van der Waals surface area contributed by atoms with Crippen molar-refractivity contribution in [1.82, 2.24) is 0 Å². The smallest absolute Gasteiger partial charge is 0.0462 e. The van der Waals surface area contributed by atoms with Crippen LogP contribution in [-0.4, -0.2) is 11.7 Å². The lowest BCUT2D eigenvalue weighted by molar-refractivity contribution is 0.150. The average molecular weight is 196 g/mol. The second-order valence-electron chi connectivity index (χ2n) is 5.37. The molecule has 0 aromatic carbocycles. The van der Waals surface area contributed by atoms with Crippen molar-refractivity contribution in [2.24, 2.45) is 17.8 Å². The van der Waals surface area contributed by atoms with Crippen LogP contribution in [-0.2, 0) is 0 Å². The molecule has 0 radical (unpaired) electrons. The fraction of sp³-hybridized carbons (Fsp3) is 1.00. The van der Waals surface area contributed by atoms with Gasteiger partial charge in [-0.15, -0.1) is 0 Å². The van der Waals surface area contributed by atoms with E-state index in [9.17, 15) is 5.11 Å². The van der Waals surface area contributed by atoms with E-state index in [1.807, 2.05) is 0 Å². The Labute approximate surface area is 87.9 Å². The van der Waals surface area contributed by atoms with Crippen molar-refractivity contribution in [3.8, 4) is 0 Å². The highest BCUT2D eigenvalue weighted by molar-refractivity contribution is 4.79. The molecule has 0 aromatic rings. The summed E-state index contributed by atoms with van der Waals surface area (Å²) in [7, 11) is 0. The average Bonchev–Trinajstić information content (AvgIpc) is 2.86. The van der Waals surface area contributed by atoms with Gasteiger partial charge in [0.05, 0.1) is 0 Å². The normalized spacial score (nSPS) is 27.2. The molecule has 0 amide bonds. The molecule has 1 nitrogen and oxygen atoms in total. The van der Waals surface area contributed by atoms with Gasteiger partial charge in [-0.1, -0.05) is 51.4 Å². The van der Waals surface area contributed by atoms with Crippen LogP contribution in [0.2, 0.25) is 0 Å². The zero-order chi connectivity index (χ0) is 9.80. The van der Waals surface area contributed by atoms with Gasteiger partial charge in [0.2, 0.25) is 0 Å². The first-order valence-electron chi connectivity index (χ1n) is 6.51. The Bertz CT molecular complexity index is 155. The number of rotatable bonds is 4. The largest absolute Gasteiger partial charge is 0.396 e. The van der Waals surface area contributed by atoms with Crippen molar-refractivity contribution in [3.63, 3.8) is 0 Å².